The minimum absolute atomic E-state index is 0.123. The molecular formula is C19H30F2N4O2. The maximum Gasteiger partial charge on any atom is 0.387 e. The monoisotopic (exact) mass is 384 g/mol. The number of benzene rings is 1. The number of alkyl halides is 2. The van der Waals surface area contributed by atoms with Crippen LogP contribution in [0.2, 0.25) is 0 Å². The lowest BCUT2D eigenvalue weighted by Crippen LogP contribution is -2.48. The lowest BCUT2D eigenvalue weighted by molar-refractivity contribution is -0.0504. The third-order valence-electron chi connectivity index (χ3n) is 4.81. The molecule has 2 rings (SSSR count). The number of ether oxygens (including phenoxy) is 2. The molecule has 1 heterocycles. The van der Waals surface area contributed by atoms with Crippen molar-refractivity contribution in [1.29, 1.82) is 0 Å². The summed E-state index contributed by atoms with van der Waals surface area (Å²) in [4.78, 5) is 6.70. The van der Waals surface area contributed by atoms with Crippen LogP contribution in [0.4, 0.5) is 8.78 Å². The van der Waals surface area contributed by atoms with Crippen LogP contribution in [-0.2, 0) is 6.54 Å². The normalized spacial score (nSPS) is 18.4. The number of halogens is 2. The third kappa shape index (κ3) is 6.53. The van der Waals surface area contributed by atoms with Gasteiger partial charge in [-0.25, -0.2) is 0 Å². The first-order valence-electron chi connectivity index (χ1n) is 9.37. The van der Waals surface area contributed by atoms with Crippen LogP contribution in [0.15, 0.2) is 23.2 Å². The highest BCUT2D eigenvalue weighted by Gasteiger charge is 2.21. The summed E-state index contributed by atoms with van der Waals surface area (Å²) in [6.45, 7) is 2.57. The number of hydrogen-bond acceptors (Lipinski definition) is 4. The van der Waals surface area contributed by atoms with E-state index < -0.39 is 6.61 Å². The van der Waals surface area contributed by atoms with E-state index in [1.54, 1.807) is 19.2 Å². The van der Waals surface area contributed by atoms with Crippen molar-refractivity contribution in [3.63, 3.8) is 0 Å². The van der Waals surface area contributed by atoms with Gasteiger partial charge >= 0.3 is 6.61 Å². The molecule has 1 aromatic carbocycles. The van der Waals surface area contributed by atoms with Gasteiger partial charge in [0.1, 0.15) is 11.5 Å². The molecular weight excluding hydrogens is 354 g/mol. The second-order valence-corrected chi connectivity index (χ2v) is 6.44. The smallest absolute Gasteiger partial charge is 0.387 e. The Morgan fingerprint density at radius 3 is 2.81 bits per heavy atom. The molecule has 0 amide bonds. The average Bonchev–Trinajstić information content (AvgIpc) is 2.68. The lowest BCUT2D eigenvalue weighted by atomic mass is 10.0. The van der Waals surface area contributed by atoms with Crippen LogP contribution in [0.3, 0.4) is 0 Å². The minimum atomic E-state index is -2.87. The number of likely N-dealkylation sites (tertiary alicyclic amines) is 1. The van der Waals surface area contributed by atoms with E-state index in [4.69, 9.17) is 4.74 Å². The Bertz CT molecular complexity index is 613. The molecule has 0 spiro atoms. The van der Waals surface area contributed by atoms with Crippen LogP contribution in [0.1, 0.15) is 31.7 Å². The molecule has 0 saturated carbocycles. The number of rotatable bonds is 8. The van der Waals surface area contributed by atoms with E-state index in [1.165, 1.54) is 32.4 Å². The Balaban J connectivity index is 1.95. The van der Waals surface area contributed by atoms with Crippen LogP contribution < -0.4 is 20.1 Å². The van der Waals surface area contributed by atoms with Crippen molar-refractivity contribution in [3.05, 3.63) is 23.8 Å². The fraction of sp³-hybridized carbons (Fsp3) is 0.632. The highest BCUT2D eigenvalue weighted by atomic mass is 19.3. The molecule has 0 bridgehead atoms. The van der Waals surface area contributed by atoms with Gasteiger partial charge in [-0.05, 0) is 44.1 Å². The SMILES string of the molecule is CCN1CCCCC1CNC(=NC)NCc1cc(OC)ccc1OC(F)F. The number of guanidine groups is 1. The highest BCUT2D eigenvalue weighted by Crippen LogP contribution is 2.25. The van der Waals surface area contributed by atoms with Gasteiger partial charge in [0.15, 0.2) is 5.96 Å². The average molecular weight is 384 g/mol. The van der Waals surface area contributed by atoms with Crippen molar-refractivity contribution in [2.24, 2.45) is 4.99 Å². The minimum Gasteiger partial charge on any atom is -0.497 e. The molecule has 27 heavy (non-hydrogen) atoms. The van der Waals surface area contributed by atoms with Crippen molar-refractivity contribution in [3.8, 4) is 11.5 Å². The Labute approximate surface area is 159 Å². The molecule has 1 aliphatic heterocycles. The maximum atomic E-state index is 12.6. The van der Waals surface area contributed by atoms with Gasteiger partial charge in [-0.1, -0.05) is 13.3 Å². The Hall–Kier alpha value is -2.09. The molecule has 152 valence electrons. The van der Waals surface area contributed by atoms with E-state index in [2.05, 4.69) is 32.2 Å². The zero-order valence-electron chi connectivity index (χ0n) is 16.3. The summed E-state index contributed by atoms with van der Waals surface area (Å²) in [6.07, 6.45) is 3.66. The molecule has 1 aromatic rings. The second kappa shape index (κ2) is 10.9. The number of nitrogens with one attached hydrogen (secondary N) is 2. The van der Waals surface area contributed by atoms with Crippen molar-refractivity contribution >= 4 is 5.96 Å². The molecule has 1 aliphatic rings. The van der Waals surface area contributed by atoms with Crippen LogP contribution in [0.5, 0.6) is 11.5 Å². The Kier molecular flexibility index (Phi) is 8.57. The fourth-order valence-electron chi connectivity index (χ4n) is 3.35. The molecule has 0 aliphatic carbocycles. The summed E-state index contributed by atoms with van der Waals surface area (Å²) in [5.41, 5.74) is 0.574. The predicted octanol–water partition coefficient (Wildman–Crippen LogP) is 2.84. The molecule has 1 unspecified atom stereocenters. The zero-order chi connectivity index (χ0) is 19.6. The topological polar surface area (TPSA) is 58.1 Å². The van der Waals surface area contributed by atoms with Crippen molar-refractivity contribution in [1.82, 2.24) is 15.5 Å². The van der Waals surface area contributed by atoms with Gasteiger partial charge in [0, 0.05) is 31.7 Å². The van der Waals surface area contributed by atoms with Gasteiger partial charge in [0.2, 0.25) is 0 Å². The van der Waals surface area contributed by atoms with Gasteiger partial charge in [0.25, 0.3) is 0 Å². The molecule has 2 N–H and O–H groups in total. The van der Waals surface area contributed by atoms with Gasteiger partial charge in [-0.15, -0.1) is 0 Å². The standard InChI is InChI=1S/C19H30F2N4O2/c1-4-25-10-6-5-7-15(25)13-24-19(22-2)23-12-14-11-16(26-3)8-9-17(14)27-18(20)21/h8-9,11,15,18H,4-7,10,12-13H2,1-3H3,(H2,22,23,24). The van der Waals surface area contributed by atoms with Crippen LogP contribution >= 0.6 is 0 Å². The number of nitrogens with zero attached hydrogens (tertiary/aromatic N) is 2. The van der Waals surface area contributed by atoms with E-state index >= 15 is 0 Å². The number of piperidine rings is 1. The van der Waals surface area contributed by atoms with Crippen LogP contribution in [0.25, 0.3) is 0 Å². The summed E-state index contributed by atoms with van der Waals surface area (Å²) in [6, 6.07) is 5.24. The van der Waals surface area contributed by atoms with Crippen molar-refractivity contribution in [2.45, 2.75) is 45.4 Å². The lowest BCUT2D eigenvalue weighted by Gasteiger charge is -2.35. The van der Waals surface area contributed by atoms with E-state index in [0.29, 0.717) is 29.9 Å². The number of methoxy groups -OCH3 is 1. The Morgan fingerprint density at radius 1 is 1.33 bits per heavy atom. The second-order valence-electron chi connectivity index (χ2n) is 6.44. The first kappa shape index (κ1) is 21.2. The maximum absolute atomic E-state index is 12.6. The summed E-state index contributed by atoms with van der Waals surface area (Å²) in [5.74, 6) is 1.33. The molecule has 8 heteroatoms. The summed E-state index contributed by atoms with van der Waals surface area (Å²) in [5, 5.41) is 6.50. The first-order valence-corrected chi connectivity index (χ1v) is 9.37. The number of likely N-dealkylation sites (N-methyl/N-ethyl adjacent to an activating group) is 1. The van der Waals surface area contributed by atoms with E-state index in [1.807, 2.05) is 0 Å². The first-order chi connectivity index (χ1) is 13.1. The summed E-state index contributed by atoms with van der Waals surface area (Å²) < 4.78 is 35.0. The van der Waals surface area contributed by atoms with Crippen molar-refractivity contribution in [2.75, 3.05) is 33.8 Å². The van der Waals surface area contributed by atoms with Gasteiger partial charge in [-0.2, -0.15) is 8.78 Å². The molecule has 1 saturated heterocycles. The van der Waals surface area contributed by atoms with Gasteiger partial charge in [-0.3, -0.25) is 9.89 Å². The quantitative estimate of drug-likeness (QED) is 0.533. The van der Waals surface area contributed by atoms with E-state index in [0.717, 1.165) is 19.6 Å². The van der Waals surface area contributed by atoms with Crippen LogP contribution in [0, 0.1) is 0 Å². The number of hydrogen-bond donors (Lipinski definition) is 2. The van der Waals surface area contributed by atoms with Gasteiger partial charge in [0.05, 0.1) is 7.11 Å². The zero-order valence-corrected chi connectivity index (χ0v) is 16.3. The molecule has 0 radical (unpaired) electrons. The molecule has 6 nitrogen and oxygen atoms in total. The van der Waals surface area contributed by atoms with E-state index in [-0.39, 0.29) is 5.75 Å². The Morgan fingerprint density at radius 2 is 2.15 bits per heavy atom. The number of aliphatic imine (C=N–C) groups is 1. The van der Waals surface area contributed by atoms with Crippen LogP contribution in [-0.4, -0.2) is 57.3 Å². The predicted molar refractivity (Wildman–Crippen MR) is 103 cm³/mol. The third-order valence-corrected chi connectivity index (χ3v) is 4.81. The fourth-order valence-corrected chi connectivity index (χ4v) is 3.35. The summed E-state index contributed by atoms with van der Waals surface area (Å²) in [7, 11) is 3.22. The van der Waals surface area contributed by atoms with Gasteiger partial charge < -0.3 is 20.1 Å². The molecule has 0 aromatic heterocycles. The summed E-state index contributed by atoms with van der Waals surface area (Å²) >= 11 is 0. The molecule has 1 atom stereocenters. The largest absolute Gasteiger partial charge is 0.497 e. The highest BCUT2D eigenvalue weighted by molar-refractivity contribution is 5.79. The van der Waals surface area contributed by atoms with E-state index in [9.17, 15) is 8.78 Å². The molecule has 1 fully saturated rings. The van der Waals surface area contributed by atoms with Crippen molar-refractivity contribution < 1.29 is 18.3 Å².